The van der Waals surface area contributed by atoms with Crippen molar-refractivity contribution in [3.8, 4) is 5.82 Å². The summed E-state index contributed by atoms with van der Waals surface area (Å²) in [6.45, 7) is 3.93. The normalized spacial score (nSPS) is 10.6. The van der Waals surface area contributed by atoms with Gasteiger partial charge in [0.1, 0.15) is 0 Å². The first-order valence-corrected chi connectivity index (χ1v) is 9.19. The molecule has 0 atom stereocenters. The fourth-order valence-corrected chi connectivity index (χ4v) is 3.03. The Kier molecular flexibility index (Phi) is 4.86. The number of thiocarbonyl (C=S) groups is 1. The minimum absolute atomic E-state index is 0.417. The summed E-state index contributed by atoms with van der Waals surface area (Å²) in [6, 6.07) is 19.4. The second-order valence-corrected chi connectivity index (χ2v) is 6.70. The number of benzene rings is 2. The quantitative estimate of drug-likeness (QED) is 0.362. The van der Waals surface area contributed by atoms with Gasteiger partial charge in [-0.25, -0.2) is 14.6 Å². The van der Waals surface area contributed by atoms with Crippen molar-refractivity contribution >= 4 is 39.9 Å². The first-order valence-electron chi connectivity index (χ1n) is 8.78. The number of aromatic nitrogens is 4. The number of para-hydroxylation sites is 3. The zero-order valence-corrected chi connectivity index (χ0v) is 16.3. The lowest BCUT2D eigenvalue weighted by Gasteiger charge is -2.15. The molecule has 0 amide bonds. The van der Waals surface area contributed by atoms with E-state index in [1.165, 1.54) is 0 Å². The molecule has 4 aromatic rings. The maximum atomic E-state index is 5.37. The Balaban J connectivity index is 1.64. The van der Waals surface area contributed by atoms with Crippen LogP contribution in [-0.4, -0.2) is 24.9 Å². The van der Waals surface area contributed by atoms with Gasteiger partial charge in [-0.15, -0.1) is 0 Å². The summed E-state index contributed by atoms with van der Waals surface area (Å²) in [5.74, 6) is 1.13. The van der Waals surface area contributed by atoms with Gasteiger partial charge in [0, 0.05) is 11.4 Å². The Morgan fingerprint density at radius 2 is 1.61 bits per heavy atom. The zero-order chi connectivity index (χ0) is 19.5. The SMILES string of the molecule is Cc1cc(C)n(-c2nc3ccccc3nc2NNC(=S)Nc2ccccc2)n1. The standard InChI is InChI=1S/C20H19N7S/c1-13-12-14(2)27(26-13)19-18(22-16-10-6-7-11-17(16)23-19)24-25-20(28)21-15-8-4-3-5-9-15/h3-12H,1-2H3,(H,22,24)(H2,21,25,28). The van der Waals surface area contributed by atoms with Crippen molar-refractivity contribution in [3.63, 3.8) is 0 Å². The van der Waals surface area contributed by atoms with Crippen LogP contribution in [0.15, 0.2) is 60.7 Å². The summed E-state index contributed by atoms with van der Waals surface area (Å²) in [5, 5.41) is 8.07. The lowest BCUT2D eigenvalue weighted by molar-refractivity contribution is 0.804. The molecular weight excluding hydrogens is 370 g/mol. The van der Waals surface area contributed by atoms with Gasteiger partial charge in [-0.05, 0) is 56.4 Å². The molecule has 8 heteroatoms. The number of aryl methyl sites for hydroxylation is 2. The molecule has 0 fully saturated rings. The van der Waals surface area contributed by atoms with Gasteiger partial charge in [0.2, 0.25) is 0 Å². The maximum Gasteiger partial charge on any atom is 0.199 e. The molecule has 0 radical (unpaired) electrons. The molecule has 7 nitrogen and oxygen atoms in total. The molecule has 0 saturated heterocycles. The topological polar surface area (TPSA) is 79.7 Å². The van der Waals surface area contributed by atoms with Gasteiger partial charge < -0.3 is 5.32 Å². The third kappa shape index (κ3) is 3.77. The van der Waals surface area contributed by atoms with Gasteiger partial charge in [0.25, 0.3) is 0 Å². The summed E-state index contributed by atoms with van der Waals surface area (Å²) in [5.41, 5.74) is 10.4. The average molecular weight is 389 g/mol. The van der Waals surface area contributed by atoms with Gasteiger partial charge in [-0.3, -0.25) is 10.9 Å². The van der Waals surface area contributed by atoms with E-state index in [1.807, 2.05) is 74.5 Å². The Hall–Kier alpha value is -3.52. The number of hydrazine groups is 1. The fourth-order valence-electron chi connectivity index (χ4n) is 2.87. The van der Waals surface area contributed by atoms with Crippen molar-refractivity contribution in [2.24, 2.45) is 0 Å². The van der Waals surface area contributed by atoms with E-state index < -0.39 is 0 Å². The third-order valence-electron chi connectivity index (χ3n) is 4.09. The first kappa shape index (κ1) is 17.9. The van der Waals surface area contributed by atoms with E-state index in [9.17, 15) is 0 Å². The molecule has 0 spiro atoms. The minimum Gasteiger partial charge on any atom is -0.331 e. The molecule has 3 N–H and O–H groups in total. The molecule has 2 aromatic heterocycles. The summed E-state index contributed by atoms with van der Waals surface area (Å²) >= 11 is 5.37. The molecule has 0 saturated carbocycles. The summed E-state index contributed by atoms with van der Waals surface area (Å²) < 4.78 is 1.77. The van der Waals surface area contributed by atoms with E-state index >= 15 is 0 Å². The van der Waals surface area contributed by atoms with Crippen molar-refractivity contribution in [1.29, 1.82) is 0 Å². The third-order valence-corrected chi connectivity index (χ3v) is 4.29. The maximum absolute atomic E-state index is 5.37. The summed E-state index contributed by atoms with van der Waals surface area (Å²) in [4.78, 5) is 9.45. The predicted molar refractivity (Wildman–Crippen MR) is 116 cm³/mol. The number of hydrogen-bond donors (Lipinski definition) is 3. The molecule has 0 aliphatic heterocycles. The van der Waals surface area contributed by atoms with Gasteiger partial charge in [0.15, 0.2) is 16.7 Å². The second-order valence-electron chi connectivity index (χ2n) is 6.29. The number of hydrogen-bond acceptors (Lipinski definition) is 5. The lowest BCUT2D eigenvalue weighted by Crippen LogP contribution is -2.34. The molecule has 0 aliphatic rings. The lowest BCUT2D eigenvalue weighted by atomic mass is 10.3. The van der Waals surface area contributed by atoms with Crippen molar-refractivity contribution in [2.75, 3.05) is 10.7 Å². The molecule has 2 heterocycles. The van der Waals surface area contributed by atoms with Crippen LogP contribution in [0.1, 0.15) is 11.4 Å². The average Bonchev–Trinajstić information content (AvgIpc) is 3.04. The molecular formula is C20H19N7S. The van der Waals surface area contributed by atoms with E-state index in [0.717, 1.165) is 28.1 Å². The number of nitrogens with zero attached hydrogens (tertiary/aromatic N) is 4. The molecule has 4 rings (SSSR count). The van der Waals surface area contributed by atoms with Crippen LogP contribution in [0.5, 0.6) is 0 Å². The van der Waals surface area contributed by atoms with Crippen LogP contribution < -0.4 is 16.2 Å². The van der Waals surface area contributed by atoms with Crippen LogP contribution in [0, 0.1) is 13.8 Å². The van der Waals surface area contributed by atoms with Crippen LogP contribution in [0.4, 0.5) is 11.5 Å². The highest BCUT2D eigenvalue weighted by atomic mass is 32.1. The number of anilines is 2. The van der Waals surface area contributed by atoms with E-state index in [-0.39, 0.29) is 0 Å². The predicted octanol–water partition coefficient (Wildman–Crippen LogP) is 3.75. The molecule has 0 aliphatic carbocycles. The molecule has 140 valence electrons. The highest BCUT2D eigenvalue weighted by Gasteiger charge is 2.14. The van der Waals surface area contributed by atoms with Crippen molar-refractivity contribution in [2.45, 2.75) is 13.8 Å². The Morgan fingerprint density at radius 1 is 0.929 bits per heavy atom. The Morgan fingerprint density at radius 3 is 2.29 bits per heavy atom. The second kappa shape index (κ2) is 7.61. The van der Waals surface area contributed by atoms with Crippen LogP contribution >= 0.6 is 12.2 Å². The van der Waals surface area contributed by atoms with E-state index in [2.05, 4.69) is 21.3 Å². The Labute approximate surface area is 167 Å². The van der Waals surface area contributed by atoms with Crippen LogP contribution in [-0.2, 0) is 0 Å². The molecule has 0 bridgehead atoms. The summed E-state index contributed by atoms with van der Waals surface area (Å²) in [7, 11) is 0. The number of fused-ring (bicyclic) bond motifs is 1. The number of nitrogens with one attached hydrogen (secondary N) is 3. The van der Waals surface area contributed by atoms with Crippen molar-refractivity contribution < 1.29 is 0 Å². The van der Waals surface area contributed by atoms with Crippen molar-refractivity contribution in [3.05, 3.63) is 72.1 Å². The first-order chi connectivity index (χ1) is 13.6. The van der Waals surface area contributed by atoms with E-state index in [4.69, 9.17) is 22.2 Å². The highest BCUT2D eigenvalue weighted by Crippen LogP contribution is 2.21. The molecule has 0 unspecified atom stereocenters. The van der Waals surface area contributed by atoms with Gasteiger partial charge in [-0.1, -0.05) is 30.3 Å². The molecule has 2 aromatic carbocycles. The number of rotatable bonds is 4. The van der Waals surface area contributed by atoms with Gasteiger partial charge in [-0.2, -0.15) is 5.10 Å². The van der Waals surface area contributed by atoms with Crippen molar-refractivity contribution in [1.82, 2.24) is 25.2 Å². The van der Waals surface area contributed by atoms with E-state index in [0.29, 0.717) is 16.7 Å². The fraction of sp³-hybridized carbons (Fsp3) is 0.100. The van der Waals surface area contributed by atoms with Gasteiger partial charge in [0.05, 0.1) is 16.7 Å². The monoisotopic (exact) mass is 389 g/mol. The smallest absolute Gasteiger partial charge is 0.199 e. The van der Waals surface area contributed by atoms with Gasteiger partial charge >= 0.3 is 0 Å². The summed E-state index contributed by atoms with van der Waals surface area (Å²) in [6.07, 6.45) is 0. The van der Waals surface area contributed by atoms with Crippen LogP contribution in [0.2, 0.25) is 0 Å². The Bertz CT molecular complexity index is 1140. The van der Waals surface area contributed by atoms with Crippen LogP contribution in [0.25, 0.3) is 16.9 Å². The van der Waals surface area contributed by atoms with E-state index in [1.54, 1.807) is 4.68 Å². The zero-order valence-electron chi connectivity index (χ0n) is 15.5. The van der Waals surface area contributed by atoms with Crippen LogP contribution in [0.3, 0.4) is 0 Å². The minimum atomic E-state index is 0.417. The highest BCUT2D eigenvalue weighted by molar-refractivity contribution is 7.80. The molecule has 28 heavy (non-hydrogen) atoms. The largest absolute Gasteiger partial charge is 0.331 e.